The van der Waals surface area contributed by atoms with Crippen LogP contribution < -0.4 is 15.8 Å². The third-order valence-electron chi connectivity index (χ3n) is 3.29. The zero-order valence-electron chi connectivity index (χ0n) is 11.6. The average molecular weight is 285 g/mol. The van der Waals surface area contributed by atoms with Gasteiger partial charge in [0.05, 0.1) is 13.2 Å². The van der Waals surface area contributed by atoms with Crippen LogP contribution >= 0.6 is 11.6 Å². The van der Waals surface area contributed by atoms with Crippen LogP contribution in [0, 0.1) is 5.92 Å². The summed E-state index contributed by atoms with van der Waals surface area (Å²) in [5.41, 5.74) is 6.63. The maximum absolute atomic E-state index is 11.9. The van der Waals surface area contributed by atoms with E-state index in [0.29, 0.717) is 17.3 Å². The molecular formula is C14H21ClN2O2. The SMILES string of the molecule is CCC(C)[C@H](N)C(=O)NCc1c(Cl)cccc1OC. The fraction of sp³-hybridized carbons (Fsp3) is 0.500. The number of carbonyl (C=O) groups excluding carboxylic acids is 1. The molecule has 0 fully saturated rings. The monoisotopic (exact) mass is 284 g/mol. The Morgan fingerprint density at radius 2 is 2.21 bits per heavy atom. The van der Waals surface area contributed by atoms with Crippen LogP contribution in [0.25, 0.3) is 0 Å². The quantitative estimate of drug-likeness (QED) is 0.843. The smallest absolute Gasteiger partial charge is 0.237 e. The second-order valence-corrected chi connectivity index (χ2v) is 4.96. The van der Waals surface area contributed by atoms with Gasteiger partial charge in [0.25, 0.3) is 0 Å². The number of ether oxygens (including phenoxy) is 1. The summed E-state index contributed by atoms with van der Waals surface area (Å²) >= 11 is 6.10. The Morgan fingerprint density at radius 1 is 1.53 bits per heavy atom. The maximum atomic E-state index is 11.9. The number of halogens is 1. The fourth-order valence-electron chi connectivity index (χ4n) is 1.71. The molecule has 1 unspecified atom stereocenters. The van der Waals surface area contributed by atoms with Crippen LogP contribution in [0.5, 0.6) is 5.75 Å². The fourth-order valence-corrected chi connectivity index (χ4v) is 1.94. The van der Waals surface area contributed by atoms with Crippen molar-refractivity contribution in [1.82, 2.24) is 5.32 Å². The molecule has 0 spiro atoms. The van der Waals surface area contributed by atoms with E-state index in [1.165, 1.54) is 0 Å². The van der Waals surface area contributed by atoms with Gasteiger partial charge in [-0.05, 0) is 18.1 Å². The number of benzene rings is 1. The van der Waals surface area contributed by atoms with Gasteiger partial charge in [-0.2, -0.15) is 0 Å². The number of amides is 1. The first-order chi connectivity index (χ1) is 9.01. The number of carbonyl (C=O) groups is 1. The molecule has 0 aliphatic rings. The van der Waals surface area contributed by atoms with E-state index in [2.05, 4.69) is 5.32 Å². The molecule has 0 aromatic heterocycles. The molecule has 1 aromatic rings. The number of hydrogen-bond donors (Lipinski definition) is 2. The van der Waals surface area contributed by atoms with Crippen molar-refractivity contribution >= 4 is 17.5 Å². The molecule has 0 radical (unpaired) electrons. The first-order valence-electron chi connectivity index (χ1n) is 6.35. The number of nitrogens with two attached hydrogens (primary N) is 1. The Labute approximate surface area is 119 Å². The van der Waals surface area contributed by atoms with Crippen molar-refractivity contribution in [1.29, 1.82) is 0 Å². The highest BCUT2D eigenvalue weighted by molar-refractivity contribution is 6.31. The molecule has 0 bridgehead atoms. The van der Waals surface area contributed by atoms with Crippen LogP contribution in [0.3, 0.4) is 0 Å². The number of hydrogen-bond acceptors (Lipinski definition) is 3. The van der Waals surface area contributed by atoms with E-state index in [-0.39, 0.29) is 11.8 Å². The molecular weight excluding hydrogens is 264 g/mol. The van der Waals surface area contributed by atoms with Crippen molar-refractivity contribution in [3.8, 4) is 5.75 Å². The number of methoxy groups -OCH3 is 1. The summed E-state index contributed by atoms with van der Waals surface area (Å²) in [4.78, 5) is 11.9. The minimum Gasteiger partial charge on any atom is -0.496 e. The van der Waals surface area contributed by atoms with Gasteiger partial charge in [0.2, 0.25) is 5.91 Å². The number of rotatable bonds is 6. The average Bonchev–Trinajstić information content (AvgIpc) is 2.43. The van der Waals surface area contributed by atoms with Gasteiger partial charge < -0.3 is 15.8 Å². The Balaban J connectivity index is 2.69. The van der Waals surface area contributed by atoms with Gasteiger partial charge in [-0.1, -0.05) is 37.9 Å². The first-order valence-corrected chi connectivity index (χ1v) is 6.73. The lowest BCUT2D eigenvalue weighted by Crippen LogP contribution is -2.44. The van der Waals surface area contributed by atoms with Gasteiger partial charge in [-0.25, -0.2) is 0 Å². The Hall–Kier alpha value is -1.26. The highest BCUT2D eigenvalue weighted by atomic mass is 35.5. The third-order valence-corrected chi connectivity index (χ3v) is 3.65. The van der Waals surface area contributed by atoms with Gasteiger partial charge in [0, 0.05) is 17.1 Å². The van der Waals surface area contributed by atoms with Crippen LogP contribution in [0.1, 0.15) is 25.8 Å². The molecule has 0 aliphatic carbocycles. The van der Waals surface area contributed by atoms with Crippen molar-refractivity contribution in [2.24, 2.45) is 11.7 Å². The molecule has 0 saturated heterocycles. The molecule has 1 aromatic carbocycles. The second kappa shape index (κ2) is 7.36. The van der Waals surface area contributed by atoms with Gasteiger partial charge >= 0.3 is 0 Å². The summed E-state index contributed by atoms with van der Waals surface area (Å²) in [6, 6.07) is 4.87. The van der Waals surface area contributed by atoms with Gasteiger partial charge in [-0.3, -0.25) is 4.79 Å². The van der Waals surface area contributed by atoms with E-state index in [1.807, 2.05) is 19.9 Å². The second-order valence-electron chi connectivity index (χ2n) is 4.55. The largest absolute Gasteiger partial charge is 0.496 e. The predicted molar refractivity (Wildman–Crippen MR) is 77.3 cm³/mol. The predicted octanol–water partition coefficient (Wildman–Crippen LogP) is 2.34. The highest BCUT2D eigenvalue weighted by Crippen LogP contribution is 2.25. The topological polar surface area (TPSA) is 64.4 Å². The van der Waals surface area contributed by atoms with Crippen molar-refractivity contribution in [2.75, 3.05) is 7.11 Å². The lowest BCUT2D eigenvalue weighted by atomic mass is 9.99. The van der Waals surface area contributed by atoms with Crippen LogP contribution in [-0.4, -0.2) is 19.1 Å². The standard InChI is InChI=1S/C14H21ClN2O2/c1-4-9(2)13(16)14(18)17-8-10-11(15)6-5-7-12(10)19-3/h5-7,9,13H,4,8,16H2,1-3H3,(H,17,18)/t9?,13-/m0/s1. The molecule has 0 aliphatic heterocycles. The van der Waals surface area contributed by atoms with E-state index in [9.17, 15) is 4.79 Å². The van der Waals surface area contributed by atoms with Crippen LogP contribution in [0.4, 0.5) is 0 Å². The Kier molecular flexibility index (Phi) is 6.12. The molecule has 19 heavy (non-hydrogen) atoms. The molecule has 4 nitrogen and oxygen atoms in total. The highest BCUT2D eigenvalue weighted by Gasteiger charge is 2.19. The lowest BCUT2D eigenvalue weighted by Gasteiger charge is -2.18. The van der Waals surface area contributed by atoms with Crippen LogP contribution in [0.2, 0.25) is 5.02 Å². The van der Waals surface area contributed by atoms with Gasteiger partial charge in [0.1, 0.15) is 5.75 Å². The molecule has 1 amide bonds. The minimum absolute atomic E-state index is 0.146. The lowest BCUT2D eigenvalue weighted by molar-refractivity contribution is -0.123. The summed E-state index contributed by atoms with van der Waals surface area (Å²) in [7, 11) is 1.57. The van der Waals surface area contributed by atoms with Crippen molar-refractivity contribution in [3.05, 3.63) is 28.8 Å². The summed E-state index contributed by atoms with van der Waals surface area (Å²) in [5, 5.41) is 3.37. The van der Waals surface area contributed by atoms with Gasteiger partial charge in [-0.15, -0.1) is 0 Å². The van der Waals surface area contributed by atoms with E-state index in [1.54, 1.807) is 19.2 Å². The van der Waals surface area contributed by atoms with Crippen molar-refractivity contribution in [3.63, 3.8) is 0 Å². The van der Waals surface area contributed by atoms with E-state index < -0.39 is 6.04 Å². The summed E-state index contributed by atoms with van der Waals surface area (Å²) < 4.78 is 5.22. The minimum atomic E-state index is -0.501. The van der Waals surface area contributed by atoms with Crippen molar-refractivity contribution < 1.29 is 9.53 Å². The van der Waals surface area contributed by atoms with Crippen LogP contribution in [0.15, 0.2) is 18.2 Å². The third kappa shape index (κ3) is 4.11. The van der Waals surface area contributed by atoms with E-state index in [4.69, 9.17) is 22.1 Å². The zero-order chi connectivity index (χ0) is 14.4. The molecule has 1 rings (SSSR count). The van der Waals surface area contributed by atoms with E-state index >= 15 is 0 Å². The summed E-state index contributed by atoms with van der Waals surface area (Å²) in [6.45, 7) is 4.28. The first kappa shape index (κ1) is 15.8. The van der Waals surface area contributed by atoms with Gasteiger partial charge in [0.15, 0.2) is 0 Å². The molecule has 0 heterocycles. The Bertz CT molecular complexity index is 437. The van der Waals surface area contributed by atoms with E-state index in [0.717, 1.165) is 12.0 Å². The number of nitrogens with one attached hydrogen (secondary N) is 1. The molecule has 0 saturated carbocycles. The van der Waals surface area contributed by atoms with Crippen LogP contribution in [-0.2, 0) is 11.3 Å². The Morgan fingerprint density at radius 3 is 2.79 bits per heavy atom. The van der Waals surface area contributed by atoms with Crippen molar-refractivity contribution in [2.45, 2.75) is 32.9 Å². The zero-order valence-corrected chi connectivity index (χ0v) is 12.3. The molecule has 5 heteroatoms. The normalized spacial score (nSPS) is 13.7. The summed E-state index contributed by atoms with van der Waals surface area (Å²) in [5.74, 6) is 0.634. The maximum Gasteiger partial charge on any atom is 0.237 e. The molecule has 106 valence electrons. The molecule has 2 atom stereocenters. The molecule has 3 N–H and O–H groups in total. The summed E-state index contributed by atoms with van der Waals surface area (Å²) in [6.07, 6.45) is 0.865.